The fraction of sp³-hybridized carbons (Fsp3) is 0.529. The number of aryl methyl sites for hydroxylation is 2. The summed E-state index contributed by atoms with van der Waals surface area (Å²) in [6.07, 6.45) is 9.61. The third-order valence-electron chi connectivity index (χ3n) is 4.76. The molecule has 0 N–H and O–H groups in total. The molecule has 0 unspecified atom stereocenters. The van der Waals surface area contributed by atoms with Crippen molar-refractivity contribution in [1.82, 2.24) is 24.4 Å². The Morgan fingerprint density at radius 3 is 3.04 bits per heavy atom. The molecule has 1 spiro atoms. The smallest absolute Gasteiger partial charge is 0.224 e. The van der Waals surface area contributed by atoms with Gasteiger partial charge in [-0.15, -0.1) is 0 Å². The van der Waals surface area contributed by atoms with Crippen LogP contribution in [0.15, 0.2) is 24.9 Å². The zero-order valence-electron chi connectivity index (χ0n) is 13.8. The molecule has 0 radical (unpaired) electrons. The maximum atomic E-state index is 12.3. The number of carbonyl (C=O) groups excluding carboxylic acids is 1. The van der Waals surface area contributed by atoms with Gasteiger partial charge < -0.3 is 14.2 Å². The summed E-state index contributed by atoms with van der Waals surface area (Å²) in [5.74, 6) is 1.03. The van der Waals surface area contributed by atoms with Gasteiger partial charge in [0.2, 0.25) is 5.91 Å². The van der Waals surface area contributed by atoms with E-state index in [1.165, 1.54) is 0 Å². The number of likely N-dealkylation sites (tertiary alicyclic amines) is 1. The molecule has 0 aromatic carbocycles. The fourth-order valence-corrected chi connectivity index (χ4v) is 3.39. The van der Waals surface area contributed by atoms with Crippen molar-refractivity contribution in [2.75, 3.05) is 13.1 Å². The predicted molar refractivity (Wildman–Crippen MR) is 85.9 cm³/mol. The SMILES string of the molecule is CCCc1ncc2c(n1)COC21CN(C(=O)CCn2ccnc2)C1. The van der Waals surface area contributed by atoms with Crippen LogP contribution in [-0.2, 0) is 34.7 Å². The number of ether oxygens (including phenoxy) is 1. The van der Waals surface area contributed by atoms with Crippen molar-refractivity contribution < 1.29 is 9.53 Å². The number of aromatic nitrogens is 4. The first kappa shape index (κ1) is 15.3. The Balaban J connectivity index is 1.38. The lowest BCUT2D eigenvalue weighted by atomic mass is 9.87. The molecule has 1 amide bonds. The van der Waals surface area contributed by atoms with E-state index in [-0.39, 0.29) is 11.5 Å². The topological polar surface area (TPSA) is 73.1 Å². The third kappa shape index (κ3) is 2.58. The number of hydrogen-bond acceptors (Lipinski definition) is 5. The standard InChI is InChI=1S/C17H21N5O2/c1-2-3-15-19-8-13-14(20-15)9-24-17(13)10-22(11-17)16(23)4-6-21-7-5-18-12-21/h5,7-8,12H,2-4,6,9-11H2,1H3. The minimum atomic E-state index is -0.384. The van der Waals surface area contributed by atoms with Crippen LogP contribution < -0.4 is 0 Å². The molecule has 2 aliphatic rings. The fourth-order valence-electron chi connectivity index (χ4n) is 3.39. The lowest BCUT2D eigenvalue weighted by Gasteiger charge is -2.47. The van der Waals surface area contributed by atoms with Gasteiger partial charge in [0.1, 0.15) is 11.4 Å². The molecule has 0 aliphatic carbocycles. The molecule has 1 fully saturated rings. The molecule has 7 heteroatoms. The van der Waals surface area contributed by atoms with Crippen LogP contribution >= 0.6 is 0 Å². The summed E-state index contributed by atoms with van der Waals surface area (Å²) < 4.78 is 7.91. The van der Waals surface area contributed by atoms with Crippen LogP contribution in [0.3, 0.4) is 0 Å². The maximum Gasteiger partial charge on any atom is 0.224 e. The van der Waals surface area contributed by atoms with Gasteiger partial charge in [0, 0.05) is 43.5 Å². The van der Waals surface area contributed by atoms with Crippen molar-refractivity contribution in [2.24, 2.45) is 0 Å². The summed E-state index contributed by atoms with van der Waals surface area (Å²) in [4.78, 5) is 27.2. The first-order valence-electron chi connectivity index (χ1n) is 8.43. The zero-order valence-corrected chi connectivity index (χ0v) is 13.8. The first-order valence-corrected chi connectivity index (χ1v) is 8.43. The van der Waals surface area contributed by atoms with Crippen LogP contribution in [0, 0.1) is 0 Å². The monoisotopic (exact) mass is 327 g/mol. The largest absolute Gasteiger partial charge is 0.360 e. The van der Waals surface area contributed by atoms with Gasteiger partial charge in [0.15, 0.2) is 0 Å². The number of imidazole rings is 1. The van der Waals surface area contributed by atoms with Gasteiger partial charge in [0.05, 0.1) is 31.7 Å². The molecule has 0 atom stereocenters. The maximum absolute atomic E-state index is 12.3. The second kappa shape index (κ2) is 5.98. The minimum Gasteiger partial charge on any atom is -0.360 e. The van der Waals surface area contributed by atoms with Crippen LogP contribution in [0.2, 0.25) is 0 Å². The summed E-state index contributed by atoms with van der Waals surface area (Å²) in [6, 6.07) is 0. The Hall–Kier alpha value is -2.28. The van der Waals surface area contributed by atoms with Crippen molar-refractivity contribution >= 4 is 5.91 Å². The van der Waals surface area contributed by atoms with E-state index < -0.39 is 0 Å². The number of fused-ring (bicyclic) bond motifs is 2. The Morgan fingerprint density at radius 2 is 2.29 bits per heavy atom. The van der Waals surface area contributed by atoms with E-state index in [2.05, 4.69) is 21.9 Å². The van der Waals surface area contributed by atoms with Crippen LogP contribution in [0.4, 0.5) is 0 Å². The molecule has 1 saturated heterocycles. The van der Waals surface area contributed by atoms with E-state index >= 15 is 0 Å². The van der Waals surface area contributed by atoms with Gasteiger partial charge in [-0.05, 0) is 6.42 Å². The van der Waals surface area contributed by atoms with Crippen LogP contribution in [0.25, 0.3) is 0 Å². The summed E-state index contributed by atoms with van der Waals surface area (Å²) in [7, 11) is 0. The van der Waals surface area contributed by atoms with Crippen LogP contribution in [0.5, 0.6) is 0 Å². The van der Waals surface area contributed by atoms with Gasteiger partial charge in [-0.3, -0.25) is 4.79 Å². The summed E-state index contributed by atoms with van der Waals surface area (Å²) in [5.41, 5.74) is 1.66. The molecule has 4 heterocycles. The number of amides is 1. The number of rotatable bonds is 5. The molecule has 0 saturated carbocycles. The molecule has 0 bridgehead atoms. The third-order valence-corrected chi connectivity index (χ3v) is 4.76. The molecule has 126 valence electrons. The average molecular weight is 327 g/mol. The van der Waals surface area contributed by atoms with E-state index in [0.717, 1.165) is 29.9 Å². The van der Waals surface area contributed by atoms with Gasteiger partial charge in [-0.1, -0.05) is 6.92 Å². The molecule has 4 rings (SSSR count). The Morgan fingerprint density at radius 1 is 1.42 bits per heavy atom. The molecular formula is C17H21N5O2. The molecule has 2 aliphatic heterocycles. The van der Waals surface area contributed by atoms with E-state index in [1.807, 2.05) is 21.9 Å². The molecule has 2 aromatic rings. The minimum absolute atomic E-state index is 0.148. The van der Waals surface area contributed by atoms with Crippen molar-refractivity contribution in [3.63, 3.8) is 0 Å². The molecule has 24 heavy (non-hydrogen) atoms. The van der Waals surface area contributed by atoms with E-state index in [9.17, 15) is 4.79 Å². The van der Waals surface area contributed by atoms with E-state index in [1.54, 1.807) is 12.5 Å². The van der Waals surface area contributed by atoms with Crippen molar-refractivity contribution in [2.45, 2.75) is 44.9 Å². The highest BCUT2D eigenvalue weighted by atomic mass is 16.5. The molecule has 2 aromatic heterocycles. The lowest BCUT2D eigenvalue weighted by Crippen LogP contribution is -2.61. The van der Waals surface area contributed by atoms with E-state index in [0.29, 0.717) is 32.7 Å². The highest BCUT2D eigenvalue weighted by molar-refractivity contribution is 5.77. The first-order chi connectivity index (χ1) is 11.7. The van der Waals surface area contributed by atoms with Crippen molar-refractivity contribution in [1.29, 1.82) is 0 Å². The van der Waals surface area contributed by atoms with Crippen molar-refractivity contribution in [3.05, 3.63) is 42.0 Å². The Labute approximate surface area is 140 Å². The summed E-state index contributed by atoms with van der Waals surface area (Å²) >= 11 is 0. The van der Waals surface area contributed by atoms with E-state index in [4.69, 9.17) is 4.74 Å². The zero-order chi connectivity index (χ0) is 16.6. The van der Waals surface area contributed by atoms with Crippen LogP contribution in [-0.4, -0.2) is 43.4 Å². The van der Waals surface area contributed by atoms with Crippen LogP contribution in [0.1, 0.15) is 36.8 Å². The number of carbonyl (C=O) groups is 1. The average Bonchev–Trinajstić information content (AvgIpc) is 3.19. The second-order valence-electron chi connectivity index (χ2n) is 6.48. The van der Waals surface area contributed by atoms with Crippen molar-refractivity contribution in [3.8, 4) is 0 Å². The highest BCUT2D eigenvalue weighted by Gasteiger charge is 2.52. The summed E-state index contributed by atoms with van der Waals surface area (Å²) in [6.45, 7) is 4.49. The number of hydrogen-bond donors (Lipinski definition) is 0. The summed E-state index contributed by atoms with van der Waals surface area (Å²) in [5, 5.41) is 0. The van der Waals surface area contributed by atoms with Gasteiger partial charge in [0.25, 0.3) is 0 Å². The predicted octanol–water partition coefficient (Wildman–Crippen LogP) is 1.28. The molecular weight excluding hydrogens is 306 g/mol. The Bertz CT molecular complexity index is 737. The quantitative estimate of drug-likeness (QED) is 0.827. The Kier molecular flexibility index (Phi) is 3.80. The normalized spacial score (nSPS) is 17.8. The highest BCUT2D eigenvalue weighted by Crippen LogP contribution is 2.42. The lowest BCUT2D eigenvalue weighted by molar-refractivity contribution is -0.168. The van der Waals surface area contributed by atoms with Gasteiger partial charge in [-0.2, -0.15) is 0 Å². The second-order valence-corrected chi connectivity index (χ2v) is 6.48. The number of nitrogens with zero attached hydrogens (tertiary/aromatic N) is 5. The molecule has 7 nitrogen and oxygen atoms in total. The van der Waals surface area contributed by atoms with Gasteiger partial charge in [-0.25, -0.2) is 15.0 Å². The van der Waals surface area contributed by atoms with Gasteiger partial charge >= 0.3 is 0 Å².